The van der Waals surface area contributed by atoms with Crippen LogP contribution in [0.5, 0.6) is 11.5 Å². The fourth-order valence-corrected chi connectivity index (χ4v) is 2.57. The number of carbonyl (C=O) groups excluding carboxylic acids is 1. The number of Topliss-reactive ketones (excluding diaryl/α,β-unsaturated/α-hetero) is 1. The maximum absolute atomic E-state index is 11.7. The Morgan fingerprint density at radius 3 is 2.78 bits per heavy atom. The molecule has 0 saturated carbocycles. The van der Waals surface area contributed by atoms with Crippen molar-refractivity contribution in [2.75, 3.05) is 26.6 Å². The molecule has 0 aliphatic carbocycles. The predicted octanol–water partition coefficient (Wildman–Crippen LogP) is 1.07. The molecule has 0 saturated heterocycles. The number of nitrogen functional groups attached to an aromatic ring is 1. The third-order valence-corrected chi connectivity index (χ3v) is 3.36. The molecule has 96 valence electrons. The Labute approximate surface area is 107 Å². The summed E-state index contributed by atoms with van der Waals surface area (Å²) in [6.45, 7) is -0.595. The van der Waals surface area contributed by atoms with Crippen LogP contribution in [0.2, 0.25) is 0 Å². The fourth-order valence-electron chi connectivity index (χ4n) is 1.69. The number of ketones is 1. The molecule has 0 spiro atoms. The first kappa shape index (κ1) is 12.6. The highest BCUT2D eigenvalue weighted by atomic mass is 32.1. The number of hydrogen-bond donors (Lipinski definition) is 2. The van der Waals surface area contributed by atoms with Gasteiger partial charge in [0.05, 0.1) is 25.3 Å². The van der Waals surface area contributed by atoms with Gasteiger partial charge in [-0.25, -0.2) is 4.98 Å². The summed E-state index contributed by atoms with van der Waals surface area (Å²) < 4.78 is 11.0. The van der Waals surface area contributed by atoms with Crippen LogP contribution >= 0.6 is 11.3 Å². The van der Waals surface area contributed by atoms with E-state index in [0.717, 1.165) is 0 Å². The Bertz CT molecular complexity index is 609. The molecule has 0 fully saturated rings. The van der Waals surface area contributed by atoms with Crippen LogP contribution in [-0.2, 0) is 0 Å². The number of ether oxygens (including phenoxy) is 2. The van der Waals surface area contributed by atoms with Gasteiger partial charge < -0.3 is 20.3 Å². The van der Waals surface area contributed by atoms with Gasteiger partial charge in [-0.3, -0.25) is 4.79 Å². The van der Waals surface area contributed by atoms with Crippen LogP contribution in [0, 0.1) is 0 Å². The van der Waals surface area contributed by atoms with Crippen molar-refractivity contribution in [1.82, 2.24) is 4.98 Å². The molecular formula is C11H12N2O4S. The van der Waals surface area contributed by atoms with Gasteiger partial charge in [0, 0.05) is 0 Å². The van der Waals surface area contributed by atoms with E-state index in [9.17, 15) is 4.79 Å². The average Bonchev–Trinajstić information content (AvgIpc) is 2.76. The van der Waals surface area contributed by atoms with E-state index in [-0.39, 0.29) is 5.56 Å². The van der Waals surface area contributed by atoms with Crippen molar-refractivity contribution in [3.8, 4) is 11.5 Å². The second-order valence-corrected chi connectivity index (χ2v) is 4.50. The number of carbonyl (C=O) groups is 1. The summed E-state index contributed by atoms with van der Waals surface area (Å²) in [5.41, 5.74) is 6.35. The monoisotopic (exact) mass is 268 g/mol. The van der Waals surface area contributed by atoms with Crippen molar-refractivity contribution >= 4 is 32.5 Å². The lowest BCUT2D eigenvalue weighted by molar-refractivity contribution is 0.0905. The molecular weight excluding hydrogens is 256 g/mol. The lowest BCUT2D eigenvalue weighted by atomic mass is 10.1. The summed E-state index contributed by atoms with van der Waals surface area (Å²) >= 11 is 1.20. The van der Waals surface area contributed by atoms with Crippen LogP contribution in [0.4, 0.5) is 5.13 Å². The Balaban J connectivity index is 2.83. The Kier molecular flexibility index (Phi) is 3.35. The van der Waals surface area contributed by atoms with Crippen LogP contribution in [0.1, 0.15) is 10.4 Å². The average molecular weight is 268 g/mol. The SMILES string of the molecule is COc1cc(C(=O)CO)c2nc(N)sc2c1OC. The Morgan fingerprint density at radius 2 is 2.22 bits per heavy atom. The summed E-state index contributed by atoms with van der Waals surface area (Å²) in [5.74, 6) is 0.452. The van der Waals surface area contributed by atoms with Gasteiger partial charge in [0.2, 0.25) is 0 Å². The van der Waals surface area contributed by atoms with Crippen molar-refractivity contribution in [2.45, 2.75) is 0 Å². The number of methoxy groups -OCH3 is 2. The van der Waals surface area contributed by atoms with Crippen LogP contribution < -0.4 is 15.2 Å². The molecule has 0 radical (unpaired) electrons. The van der Waals surface area contributed by atoms with Gasteiger partial charge in [-0.2, -0.15) is 0 Å². The molecule has 1 aromatic heterocycles. The van der Waals surface area contributed by atoms with E-state index in [1.165, 1.54) is 31.6 Å². The number of fused-ring (bicyclic) bond motifs is 1. The minimum atomic E-state index is -0.595. The van der Waals surface area contributed by atoms with Gasteiger partial charge >= 0.3 is 0 Å². The molecule has 0 aliphatic rings. The van der Waals surface area contributed by atoms with Crippen LogP contribution in [-0.4, -0.2) is 36.7 Å². The van der Waals surface area contributed by atoms with Crippen molar-refractivity contribution in [3.05, 3.63) is 11.6 Å². The Hall–Kier alpha value is -1.86. The third kappa shape index (κ3) is 1.87. The molecule has 0 bridgehead atoms. The number of anilines is 1. The van der Waals surface area contributed by atoms with Crippen LogP contribution in [0.25, 0.3) is 10.2 Å². The molecule has 0 amide bonds. The predicted molar refractivity (Wildman–Crippen MR) is 68.6 cm³/mol. The number of aliphatic hydroxyl groups is 1. The van der Waals surface area contributed by atoms with E-state index in [2.05, 4.69) is 4.98 Å². The molecule has 0 aliphatic heterocycles. The number of aromatic nitrogens is 1. The van der Waals surface area contributed by atoms with Gasteiger partial charge in [-0.15, -0.1) is 0 Å². The van der Waals surface area contributed by atoms with Crippen LogP contribution in [0.3, 0.4) is 0 Å². The topological polar surface area (TPSA) is 94.7 Å². The minimum Gasteiger partial charge on any atom is -0.493 e. The summed E-state index contributed by atoms with van der Waals surface area (Å²) in [7, 11) is 2.97. The van der Waals surface area contributed by atoms with E-state index >= 15 is 0 Å². The van der Waals surface area contributed by atoms with Gasteiger partial charge in [-0.1, -0.05) is 11.3 Å². The zero-order valence-corrected chi connectivity index (χ0v) is 10.7. The summed E-state index contributed by atoms with van der Waals surface area (Å²) in [6, 6.07) is 1.50. The van der Waals surface area contributed by atoms with Gasteiger partial charge in [0.1, 0.15) is 11.3 Å². The third-order valence-electron chi connectivity index (χ3n) is 2.47. The largest absolute Gasteiger partial charge is 0.493 e. The normalized spacial score (nSPS) is 10.6. The van der Waals surface area contributed by atoms with E-state index in [0.29, 0.717) is 26.8 Å². The summed E-state index contributed by atoms with van der Waals surface area (Å²) in [4.78, 5) is 15.8. The standard InChI is InChI=1S/C11H12N2O4S/c1-16-7-3-5(6(15)4-14)8-10(9(7)17-2)18-11(12)13-8/h3,14H,4H2,1-2H3,(H2,12,13). The van der Waals surface area contributed by atoms with E-state index in [4.69, 9.17) is 20.3 Å². The number of nitrogens with two attached hydrogens (primary N) is 1. The number of hydrogen-bond acceptors (Lipinski definition) is 7. The molecule has 2 rings (SSSR count). The van der Waals surface area contributed by atoms with Crippen molar-refractivity contribution in [1.29, 1.82) is 0 Å². The number of rotatable bonds is 4. The molecule has 7 heteroatoms. The maximum atomic E-state index is 11.7. The molecule has 0 atom stereocenters. The van der Waals surface area contributed by atoms with E-state index in [1.807, 2.05) is 0 Å². The molecule has 0 unspecified atom stereocenters. The van der Waals surface area contributed by atoms with Crippen molar-refractivity contribution < 1.29 is 19.4 Å². The minimum absolute atomic E-state index is 0.276. The van der Waals surface area contributed by atoms with Crippen molar-refractivity contribution in [3.63, 3.8) is 0 Å². The second kappa shape index (κ2) is 4.79. The molecule has 1 heterocycles. The van der Waals surface area contributed by atoms with Gasteiger partial charge in [-0.05, 0) is 6.07 Å². The lowest BCUT2D eigenvalue weighted by Gasteiger charge is -2.10. The Morgan fingerprint density at radius 1 is 1.50 bits per heavy atom. The molecule has 3 N–H and O–H groups in total. The zero-order valence-electron chi connectivity index (χ0n) is 9.89. The molecule has 18 heavy (non-hydrogen) atoms. The highest BCUT2D eigenvalue weighted by Gasteiger charge is 2.20. The van der Waals surface area contributed by atoms with Gasteiger partial charge in [0.15, 0.2) is 22.4 Å². The van der Waals surface area contributed by atoms with Crippen LogP contribution in [0.15, 0.2) is 6.07 Å². The van der Waals surface area contributed by atoms with E-state index < -0.39 is 12.4 Å². The highest BCUT2D eigenvalue weighted by Crippen LogP contribution is 2.41. The summed E-state index contributed by atoms with van der Waals surface area (Å²) in [6.07, 6.45) is 0. The first-order chi connectivity index (χ1) is 8.62. The van der Waals surface area contributed by atoms with Crippen molar-refractivity contribution in [2.24, 2.45) is 0 Å². The first-order valence-electron chi connectivity index (χ1n) is 5.07. The number of thiazole rings is 1. The smallest absolute Gasteiger partial charge is 0.190 e. The first-order valence-corrected chi connectivity index (χ1v) is 5.89. The highest BCUT2D eigenvalue weighted by molar-refractivity contribution is 7.22. The molecule has 2 aromatic rings. The summed E-state index contributed by atoms with van der Waals surface area (Å²) in [5, 5.41) is 9.29. The molecule has 6 nitrogen and oxygen atoms in total. The lowest BCUT2D eigenvalue weighted by Crippen LogP contribution is -2.06. The number of benzene rings is 1. The number of aliphatic hydroxyl groups excluding tert-OH is 1. The van der Waals surface area contributed by atoms with Gasteiger partial charge in [0.25, 0.3) is 0 Å². The second-order valence-electron chi connectivity index (χ2n) is 3.47. The maximum Gasteiger partial charge on any atom is 0.190 e. The van der Waals surface area contributed by atoms with E-state index in [1.54, 1.807) is 0 Å². The quantitative estimate of drug-likeness (QED) is 0.805. The zero-order chi connectivity index (χ0) is 13.3. The molecule has 1 aromatic carbocycles. The fraction of sp³-hybridized carbons (Fsp3) is 0.273. The number of nitrogens with zero attached hydrogens (tertiary/aromatic N) is 1.